The van der Waals surface area contributed by atoms with Crippen LogP contribution < -0.4 is 10.6 Å². The molecule has 3 rings (SSSR count). The van der Waals surface area contributed by atoms with Crippen LogP contribution in [0.1, 0.15) is 37.1 Å². The minimum atomic E-state index is -0.289. The van der Waals surface area contributed by atoms with E-state index in [2.05, 4.69) is 22.5 Å². The fourth-order valence-electron chi connectivity index (χ4n) is 3.19. The van der Waals surface area contributed by atoms with Crippen LogP contribution in [0.3, 0.4) is 0 Å². The highest BCUT2D eigenvalue weighted by molar-refractivity contribution is 6.30. The third kappa shape index (κ3) is 4.13. The molecule has 0 radical (unpaired) electrons. The Hall–Kier alpha value is -1.91. The van der Waals surface area contributed by atoms with E-state index in [0.717, 1.165) is 30.6 Å². The minimum absolute atomic E-state index is 0.0339. The van der Waals surface area contributed by atoms with Crippen LogP contribution in [0.5, 0.6) is 0 Å². The van der Waals surface area contributed by atoms with Crippen molar-refractivity contribution in [3.63, 3.8) is 0 Å². The van der Waals surface area contributed by atoms with Gasteiger partial charge in [-0.2, -0.15) is 0 Å². The molecule has 2 heterocycles. The van der Waals surface area contributed by atoms with Crippen molar-refractivity contribution >= 4 is 17.5 Å². The van der Waals surface area contributed by atoms with Crippen LogP contribution in [0.4, 0.5) is 0 Å². The normalized spacial score (nSPS) is 21.9. The Morgan fingerprint density at radius 1 is 1.33 bits per heavy atom. The molecule has 1 aliphatic rings. The summed E-state index contributed by atoms with van der Waals surface area (Å²) in [6.07, 6.45) is 3.46. The second-order valence-electron chi connectivity index (χ2n) is 6.33. The van der Waals surface area contributed by atoms with E-state index in [1.165, 1.54) is 0 Å². The van der Waals surface area contributed by atoms with Gasteiger partial charge in [-0.25, -0.2) is 0 Å². The van der Waals surface area contributed by atoms with Crippen LogP contribution in [-0.2, 0) is 4.79 Å². The molecular formula is C19H22ClN3O. The number of halogens is 1. The highest BCUT2D eigenvalue weighted by Gasteiger charge is 2.27. The van der Waals surface area contributed by atoms with Crippen LogP contribution in [0.25, 0.3) is 0 Å². The second kappa shape index (κ2) is 7.77. The molecule has 1 aromatic heterocycles. The van der Waals surface area contributed by atoms with Crippen molar-refractivity contribution in [3.8, 4) is 0 Å². The van der Waals surface area contributed by atoms with E-state index in [9.17, 15) is 4.79 Å². The third-order valence-corrected chi connectivity index (χ3v) is 4.68. The SMILES string of the molecule is C[C@H]1C[C@@H](C(=O)NC(c2cccc(Cl)c2)c2ccccn2)CCN1. The number of pyridine rings is 1. The fourth-order valence-corrected chi connectivity index (χ4v) is 3.39. The molecule has 1 unspecified atom stereocenters. The van der Waals surface area contributed by atoms with Crippen LogP contribution in [0, 0.1) is 5.92 Å². The summed E-state index contributed by atoms with van der Waals surface area (Å²) in [7, 11) is 0. The van der Waals surface area contributed by atoms with Gasteiger partial charge in [0.25, 0.3) is 0 Å². The first-order valence-electron chi connectivity index (χ1n) is 8.33. The van der Waals surface area contributed by atoms with Gasteiger partial charge >= 0.3 is 0 Å². The van der Waals surface area contributed by atoms with Crippen molar-refractivity contribution in [3.05, 3.63) is 64.9 Å². The predicted molar refractivity (Wildman–Crippen MR) is 95.9 cm³/mol. The van der Waals surface area contributed by atoms with E-state index in [-0.39, 0.29) is 17.9 Å². The lowest BCUT2D eigenvalue weighted by Crippen LogP contribution is -2.43. The van der Waals surface area contributed by atoms with E-state index in [0.29, 0.717) is 11.1 Å². The van der Waals surface area contributed by atoms with Gasteiger partial charge in [-0.1, -0.05) is 29.8 Å². The first kappa shape index (κ1) is 16.9. The van der Waals surface area contributed by atoms with Crippen molar-refractivity contribution in [1.82, 2.24) is 15.6 Å². The van der Waals surface area contributed by atoms with E-state index in [4.69, 9.17) is 11.6 Å². The van der Waals surface area contributed by atoms with E-state index < -0.39 is 0 Å². The van der Waals surface area contributed by atoms with Crippen molar-refractivity contribution in [1.29, 1.82) is 0 Å². The molecule has 24 heavy (non-hydrogen) atoms. The summed E-state index contributed by atoms with van der Waals surface area (Å²) in [6.45, 7) is 3.00. The van der Waals surface area contributed by atoms with Gasteiger partial charge in [-0.3, -0.25) is 9.78 Å². The number of carbonyl (C=O) groups is 1. The van der Waals surface area contributed by atoms with Crippen LogP contribution >= 0.6 is 11.6 Å². The van der Waals surface area contributed by atoms with E-state index in [1.54, 1.807) is 6.20 Å². The molecule has 2 aromatic rings. The number of nitrogens with zero attached hydrogens (tertiary/aromatic N) is 1. The van der Waals surface area contributed by atoms with Crippen molar-refractivity contribution in [2.45, 2.75) is 31.8 Å². The number of hydrogen-bond donors (Lipinski definition) is 2. The standard InChI is InChI=1S/C19H22ClN3O/c1-13-11-15(8-10-21-13)19(24)23-18(17-7-2-3-9-22-17)14-5-4-6-16(20)12-14/h2-7,9,12-13,15,18,21H,8,10-11H2,1H3,(H,23,24)/t13-,15-,18?/m0/s1. The van der Waals surface area contributed by atoms with Crippen LogP contribution in [0.15, 0.2) is 48.7 Å². The Morgan fingerprint density at radius 2 is 2.21 bits per heavy atom. The molecular weight excluding hydrogens is 322 g/mol. The van der Waals surface area contributed by atoms with Crippen LogP contribution in [-0.4, -0.2) is 23.5 Å². The zero-order valence-corrected chi connectivity index (χ0v) is 14.5. The van der Waals surface area contributed by atoms with Gasteiger partial charge in [0.1, 0.15) is 0 Å². The van der Waals surface area contributed by atoms with Gasteiger partial charge in [0.2, 0.25) is 5.91 Å². The molecule has 0 bridgehead atoms. The molecule has 1 aliphatic heterocycles. The second-order valence-corrected chi connectivity index (χ2v) is 6.76. The van der Waals surface area contributed by atoms with Crippen LogP contribution in [0.2, 0.25) is 5.02 Å². The van der Waals surface area contributed by atoms with Gasteiger partial charge < -0.3 is 10.6 Å². The largest absolute Gasteiger partial charge is 0.343 e. The first-order chi connectivity index (χ1) is 11.6. The molecule has 1 fully saturated rings. The summed E-state index contributed by atoms with van der Waals surface area (Å²) in [5, 5.41) is 7.21. The molecule has 1 amide bonds. The van der Waals surface area contributed by atoms with Gasteiger partial charge in [-0.05, 0) is 56.1 Å². The Balaban J connectivity index is 1.84. The number of rotatable bonds is 4. The Kier molecular flexibility index (Phi) is 5.48. The maximum Gasteiger partial charge on any atom is 0.224 e. The predicted octanol–water partition coefficient (Wildman–Crippen LogP) is 3.33. The maximum atomic E-state index is 12.8. The summed E-state index contributed by atoms with van der Waals surface area (Å²) in [4.78, 5) is 17.2. The van der Waals surface area contributed by atoms with Gasteiger partial charge in [0.05, 0.1) is 11.7 Å². The average Bonchev–Trinajstić information content (AvgIpc) is 2.60. The minimum Gasteiger partial charge on any atom is -0.343 e. The maximum absolute atomic E-state index is 12.8. The van der Waals surface area contributed by atoms with Gasteiger partial charge in [0.15, 0.2) is 0 Å². The molecule has 3 atom stereocenters. The summed E-state index contributed by atoms with van der Waals surface area (Å²) < 4.78 is 0. The third-order valence-electron chi connectivity index (χ3n) is 4.45. The molecule has 2 N–H and O–H groups in total. The van der Waals surface area contributed by atoms with E-state index >= 15 is 0 Å². The lowest BCUT2D eigenvalue weighted by molar-refractivity contribution is -0.126. The topological polar surface area (TPSA) is 54.0 Å². The van der Waals surface area contributed by atoms with E-state index in [1.807, 2.05) is 42.5 Å². The average molecular weight is 344 g/mol. The molecule has 0 spiro atoms. The summed E-state index contributed by atoms with van der Waals surface area (Å²) in [6, 6.07) is 13.4. The summed E-state index contributed by atoms with van der Waals surface area (Å²) in [5.41, 5.74) is 1.76. The number of piperidine rings is 1. The molecule has 126 valence electrons. The molecule has 5 heteroatoms. The lowest BCUT2D eigenvalue weighted by atomic mass is 9.91. The Bertz CT molecular complexity index is 692. The lowest BCUT2D eigenvalue weighted by Gasteiger charge is -2.29. The van der Waals surface area contributed by atoms with Gasteiger partial charge in [-0.15, -0.1) is 0 Å². The number of benzene rings is 1. The molecule has 4 nitrogen and oxygen atoms in total. The molecule has 1 aromatic carbocycles. The first-order valence-corrected chi connectivity index (χ1v) is 8.71. The number of aromatic nitrogens is 1. The number of hydrogen-bond acceptors (Lipinski definition) is 3. The zero-order chi connectivity index (χ0) is 16.9. The highest BCUT2D eigenvalue weighted by Crippen LogP contribution is 2.25. The summed E-state index contributed by atoms with van der Waals surface area (Å²) in [5.74, 6) is 0.116. The number of nitrogens with one attached hydrogen (secondary N) is 2. The van der Waals surface area contributed by atoms with Crippen molar-refractivity contribution in [2.75, 3.05) is 6.54 Å². The Morgan fingerprint density at radius 3 is 2.92 bits per heavy atom. The molecule has 1 saturated heterocycles. The zero-order valence-electron chi connectivity index (χ0n) is 13.7. The number of amides is 1. The monoisotopic (exact) mass is 343 g/mol. The summed E-state index contributed by atoms with van der Waals surface area (Å²) >= 11 is 6.14. The Labute approximate surface area is 147 Å². The van der Waals surface area contributed by atoms with Crippen molar-refractivity contribution in [2.24, 2.45) is 5.92 Å². The smallest absolute Gasteiger partial charge is 0.224 e. The number of carbonyl (C=O) groups excluding carboxylic acids is 1. The van der Waals surface area contributed by atoms with Gasteiger partial charge in [0, 0.05) is 23.2 Å². The molecule has 0 aliphatic carbocycles. The highest BCUT2D eigenvalue weighted by atomic mass is 35.5. The fraction of sp³-hybridized carbons (Fsp3) is 0.368. The molecule has 0 saturated carbocycles. The van der Waals surface area contributed by atoms with Crippen molar-refractivity contribution < 1.29 is 4.79 Å². The quantitative estimate of drug-likeness (QED) is 0.895.